The summed E-state index contributed by atoms with van der Waals surface area (Å²) in [6.45, 7) is 10.2. The normalized spacial score (nSPS) is 23.0. The topological polar surface area (TPSA) is 50.8 Å². The van der Waals surface area contributed by atoms with Gasteiger partial charge in [0.05, 0.1) is 0 Å². The first kappa shape index (κ1) is 20.7. The molecule has 0 heterocycles. The Morgan fingerprint density at radius 2 is 1.81 bits per heavy atom. The summed E-state index contributed by atoms with van der Waals surface area (Å²) in [4.78, 5) is 15.1. The van der Waals surface area contributed by atoms with Crippen LogP contribution in [0, 0.1) is 5.92 Å². The third-order valence-corrected chi connectivity index (χ3v) is 5.57. The molecular weight excluding hydrogens is 328 g/mol. The van der Waals surface area contributed by atoms with E-state index in [1.807, 2.05) is 24.3 Å². The van der Waals surface area contributed by atoms with E-state index in [0.717, 1.165) is 56.8 Å². The highest BCUT2D eigenvalue weighted by atomic mass is 16.5. The number of hydrogen-bond acceptors (Lipinski definition) is 4. The van der Waals surface area contributed by atoms with E-state index in [9.17, 15) is 4.79 Å². The van der Waals surface area contributed by atoms with Crippen LogP contribution in [0.15, 0.2) is 24.3 Å². The molecule has 0 bridgehead atoms. The Kier molecular flexibility index (Phi) is 7.91. The summed E-state index contributed by atoms with van der Waals surface area (Å²) in [6, 6.07) is 7.58. The Hall–Kier alpha value is -1.59. The van der Waals surface area contributed by atoms with Crippen LogP contribution in [0.25, 0.3) is 0 Å². The summed E-state index contributed by atoms with van der Waals surface area (Å²) in [7, 11) is 1.64. The molecule has 2 rings (SSSR count). The van der Waals surface area contributed by atoms with E-state index in [2.05, 4.69) is 31.0 Å². The molecule has 26 heavy (non-hydrogen) atoms. The third-order valence-electron chi connectivity index (χ3n) is 5.57. The third kappa shape index (κ3) is 5.45. The SMILES string of the molecule is CCN(CC)CCOc1ccc(NC(=O)C2(OC)CCC(C)CC2)cc1. The number of nitrogens with zero attached hydrogens (tertiary/aromatic N) is 1. The second-order valence-corrected chi connectivity index (χ2v) is 7.23. The fraction of sp³-hybridized carbons (Fsp3) is 0.667. The summed E-state index contributed by atoms with van der Waals surface area (Å²) in [5.74, 6) is 1.45. The zero-order valence-electron chi connectivity index (χ0n) is 16.7. The summed E-state index contributed by atoms with van der Waals surface area (Å²) < 4.78 is 11.4. The van der Waals surface area contributed by atoms with Crippen molar-refractivity contribution in [1.82, 2.24) is 4.90 Å². The van der Waals surface area contributed by atoms with Gasteiger partial charge in [-0.15, -0.1) is 0 Å². The smallest absolute Gasteiger partial charge is 0.256 e. The van der Waals surface area contributed by atoms with E-state index in [4.69, 9.17) is 9.47 Å². The number of amides is 1. The highest BCUT2D eigenvalue weighted by molar-refractivity contribution is 5.97. The monoisotopic (exact) mass is 362 g/mol. The van der Waals surface area contributed by atoms with Gasteiger partial charge in [-0.2, -0.15) is 0 Å². The summed E-state index contributed by atoms with van der Waals surface area (Å²) in [5.41, 5.74) is 0.0898. The quantitative estimate of drug-likeness (QED) is 0.723. The van der Waals surface area contributed by atoms with Crippen LogP contribution in [-0.4, -0.2) is 49.8 Å². The molecule has 0 saturated heterocycles. The van der Waals surface area contributed by atoms with Crippen LogP contribution in [0.5, 0.6) is 5.75 Å². The molecule has 1 aliphatic rings. The van der Waals surface area contributed by atoms with Crippen molar-refractivity contribution < 1.29 is 14.3 Å². The minimum absolute atomic E-state index is 0.0397. The fourth-order valence-corrected chi connectivity index (χ4v) is 3.46. The van der Waals surface area contributed by atoms with E-state index in [1.165, 1.54) is 0 Å². The lowest BCUT2D eigenvalue weighted by molar-refractivity contribution is -0.142. The molecule has 1 fully saturated rings. The lowest BCUT2D eigenvalue weighted by Crippen LogP contribution is -2.47. The molecule has 1 saturated carbocycles. The molecule has 0 atom stereocenters. The number of carbonyl (C=O) groups is 1. The van der Waals surface area contributed by atoms with Gasteiger partial charge in [0.15, 0.2) is 0 Å². The zero-order chi connectivity index (χ0) is 19.0. The van der Waals surface area contributed by atoms with E-state index in [0.29, 0.717) is 12.5 Å². The van der Waals surface area contributed by atoms with E-state index >= 15 is 0 Å². The number of nitrogens with one attached hydrogen (secondary N) is 1. The number of hydrogen-bond donors (Lipinski definition) is 1. The van der Waals surface area contributed by atoms with Crippen molar-refractivity contribution in [3.8, 4) is 5.75 Å². The van der Waals surface area contributed by atoms with Gasteiger partial charge in [-0.05, 0) is 69.0 Å². The maximum Gasteiger partial charge on any atom is 0.256 e. The van der Waals surface area contributed by atoms with E-state index < -0.39 is 5.60 Å². The fourth-order valence-electron chi connectivity index (χ4n) is 3.46. The number of anilines is 1. The highest BCUT2D eigenvalue weighted by Gasteiger charge is 2.41. The lowest BCUT2D eigenvalue weighted by atomic mass is 9.79. The second-order valence-electron chi connectivity index (χ2n) is 7.23. The van der Waals surface area contributed by atoms with Gasteiger partial charge in [0.25, 0.3) is 5.91 Å². The molecule has 1 amide bonds. The van der Waals surface area contributed by atoms with Crippen LogP contribution >= 0.6 is 0 Å². The minimum atomic E-state index is -0.689. The van der Waals surface area contributed by atoms with Crippen LogP contribution < -0.4 is 10.1 Å². The molecule has 1 aromatic carbocycles. The predicted octanol–water partition coefficient (Wildman–Crippen LogP) is 3.94. The lowest BCUT2D eigenvalue weighted by Gasteiger charge is -2.36. The molecule has 1 N–H and O–H groups in total. The van der Waals surface area contributed by atoms with Gasteiger partial charge in [-0.25, -0.2) is 0 Å². The standard InChI is InChI=1S/C21H34N2O3/c1-5-23(6-2)15-16-26-19-9-7-18(8-10-19)22-20(24)21(25-4)13-11-17(3)12-14-21/h7-10,17H,5-6,11-16H2,1-4H3,(H,22,24). The van der Waals surface area contributed by atoms with Gasteiger partial charge in [0.2, 0.25) is 0 Å². The molecule has 146 valence electrons. The van der Waals surface area contributed by atoms with Crippen molar-refractivity contribution in [2.75, 3.05) is 38.7 Å². The molecular formula is C21H34N2O3. The van der Waals surface area contributed by atoms with Crippen molar-refractivity contribution in [2.24, 2.45) is 5.92 Å². The first-order valence-corrected chi connectivity index (χ1v) is 9.84. The van der Waals surface area contributed by atoms with Crippen molar-refractivity contribution in [3.05, 3.63) is 24.3 Å². The number of carbonyl (C=O) groups excluding carboxylic acids is 1. The van der Waals surface area contributed by atoms with Gasteiger partial charge < -0.3 is 19.7 Å². The highest BCUT2D eigenvalue weighted by Crippen LogP contribution is 2.35. The summed E-state index contributed by atoms with van der Waals surface area (Å²) in [6.07, 6.45) is 3.62. The molecule has 1 aromatic rings. The maximum absolute atomic E-state index is 12.8. The minimum Gasteiger partial charge on any atom is -0.492 e. The predicted molar refractivity (Wildman–Crippen MR) is 106 cm³/mol. The van der Waals surface area contributed by atoms with Crippen LogP contribution in [0.3, 0.4) is 0 Å². The van der Waals surface area contributed by atoms with Gasteiger partial charge in [0, 0.05) is 19.3 Å². The Labute approximate surface area is 158 Å². The van der Waals surface area contributed by atoms with Crippen LogP contribution in [-0.2, 0) is 9.53 Å². The summed E-state index contributed by atoms with van der Waals surface area (Å²) in [5, 5.41) is 3.01. The average Bonchev–Trinajstić information content (AvgIpc) is 2.67. The number of likely N-dealkylation sites (N-methyl/N-ethyl adjacent to an activating group) is 1. The molecule has 5 nitrogen and oxygen atoms in total. The Morgan fingerprint density at radius 1 is 1.19 bits per heavy atom. The number of benzene rings is 1. The number of ether oxygens (including phenoxy) is 2. The van der Waals surface area contributed by atoms with Gasteiger partial charge in [-0.3, -0.25) is 4.79 Å². The molecule has 0 radical (unpaired) electrons. The second kappa shape index (κ2) is 9.93. The van der Waals surface area contributed by atoms with Crippen molar-refractivity contribution in [2.45, 2.75) is 52.1 Å². The number of methoxy groups -OCH3 is 1. The number of rotatable bonds is 9. The van der Waals surface area contributed by atoms with Crippen molar-refractivity contribution in [1.29, 1.82) is 0 Å². The summed E-state index contributed by atoms with van der Waals surface area (Å²) >= 11 is 0. The van der Waals surface area contributed by atoms with Crippen LogP contribution in [0.1, 0.15) is 46.5 Å². The average molecular weight is 363 g/mol. The Bertz CT molecular complexity index is 547. The van der Waals surface area contributed by atoms with Crippen molar-refractivity contribution >= 4 is 11.6 Å². The van der Waals surface area contributed by atoms with Crippen LogP contribution in [0.4, 0.5) is 5.69 Å². The molecule has 0 aliphatic heterocycles. The van der Waals surface area contributed by atoms with Crippen LogP contribution in [0.2, 0.25) is 0 Å². The van der Waals surface area contributed by atoms with E-state index in [1.54, 1.807) is 7.11 Å². The Balaban J connectivity index is 1.87. The molecule has 0 aromatic heterocycles. The first-order chi connectivity index (χ1) is 12.5. The van der Waals surface area contributed by atoms with Crippen molar-refractivity contribution in [3.63, 3.8) is 0 Å². The van der Waals surface area contributed by atoms with Gasteiger partial charge in [0.1, 0.15) is 18.0 Å². The van der Waals surface area contributed by atoms with Gasteiger partial charge >= 0.3 is 0 Å². The van der Waals surface area contributed by atoms with Gasteiger partial charge in [-0.1, -0.05) is 20.8 Å². The molecule has 1 aliphatic carbocycles. The van der Waals surface area contributed by atoms with E-state index in [-0.39, 0.29) is 5.91 Å². The molecule has 5 heteroatoms. The molecule has 0 unspecified atom stereocenters. The first-order valence-electron chi connectivity index (χ1n) is 9.84. The maximum atomic E-state index is 12.8. The largest absolute Gasteiger partial charge is 0.492 e. The zero-order valence-corrected chi connectivity index (χ0v) is 16.7. The molecule has 0 spiro atoms. The Morgan fingerprint density at radius 3 is 2.35 bits per heavy atom.